The van der Waals surface area contributed by atoms with E-state index < -0.39 is 0 Å². The molecule has 0 aliphatic heterocycles. The zero-order valence-electron chi connectivity index (χ0n) is 11.1. The predicted molar refractivity (Wildman–Crippen MR) is 80.7 cm³/mol. The number of hydrogen-bond acceptors (Lipinski definition) is 1. The van der Waals surface area contributed by atoms with Gasteiger partial charge in [0.05, 0.1) is 5.92 Å². The van der Waals surface area contributed by atoms with Gasteiger partial charge in [-0.1, -0.05) is 40.2 Å². The summed E-state index contributed by atoms with van der Waals surface area (Å²) in [7, 11) is 0. The third-order valence-corrected chi connectivity index (χ3v) is 5.04. The van der Waals surface area contributed by atoms with Gasteiger partial charge < -0.3 is 4.90 Å². The molecule has 3 rings (SSSR count). The summed E-state index contributed by atoms with van der Waals surface area (Å²) in [6.07, 6.45) is 5.66. The second-order valence-corrected chi connectivity index (χ2v) is 6.41. The molecule has 0 saturated heterocycles. The first-order chi connectivity index (χ1) is 9.31. The summed E-state index contributed by atoms with van der Waals surface area (Å²) in [5, 5.41) is 0.977. The second kappa shape index (κ2) is 5.66. The molecule has 0 radical (unpaired) electrons. The third kappa shape index (κ3) is 2.45. The zero-order valence-corrected chi connectivity index (χ0v) is 12.7. The Bertz CT molecular complexity index is 470. The summed E-state index contributed by atoms with van der Waals surface area (Å²) in [6, 6.07) is 8.88. The molecule has 1 amide bonds. The molecule has 2 aliphatic rings. The van der Waals surface area contributed by atoms with E-state index in [1.54, 1.807) is 0 Å². The third-order valence-electron chi connectivity index (χ3n) is 4.48. The molecule has 1 fully saturated rings. The minimum Gasteiger partial charge on any atom is -0.339 e. The molecule has 0 heterocycles. The number of hydrogen-bond donors (Lipinski definition) is 0. The molecule has 3 heteroatoms. The highest BCUT2D eigenvalue weighted by atomic mass is 79.9. The molecule has 0 spiro atoms. The molecule has 2 aliphatic carbocycles. The first-order valence-electron chi connectivity index (χ1n) is 7.25. The fourth-order valence-corrected chi connectivity index (χ4v) is 3.33. The quantitative estimate of drug-likeness (QED) is 0.760. The Labute approximate surface area is 123 Å². The highest BCUT2D eigenvalue weighted by Crippen LogP contribution is 2.38. The van der Waals surface area contributed by atoms with Crippen LogP contribution in [0.4, 0.5) is 0 Å². The van der Waals surface area contributed by atoms with Gasteiger partial charge in [0.15, 0.2) is 0 Å². The van der Waals surface area contributed by atoms with Crippen LogP contribution in [0.2, 0.25) is 0 Å². The Morgan fingerprint density at radius 1 is 1.32 bits per heavy atom. The van der Waals surface area contributed by atoms with Gasteiger partial charge in [0.2, 0.25) is 5.91 Å². The van der Waals surface area contributed by atoms with E-state index in [2.05, 4.69) is 39.0 Å². The Hall–Kier alpha value is -0.830. The highest BCUT2D eigenvalue weighted by Gasteiger charge is 2.38. The Balaban J connectivity index is 1.71. The first kappa shape index (κ1) is 13.2. The van der Waals surface area contributed by atoms with Gasteiger partial charge in [0, 0.05) is 17.9 Å². The van der Waals surface area contributed by atoms with Crippen LogP contribution in [0.15, 0.2) is 24.3 Å². The predicted octanol–water partition coefficient (Wildman–Crippen LogP) is 3.49. The number of carbonyl (C=O) groups excluding carboxylic acids is 1. The molecule has 0 N–H and O–H groups in total. The molecule has 0 aromatic heterocycles. The highest BCUT2D eigenvalue weighted by molar-refractivity contribution is 9.09. The maximum Gasteiger partial charge on any atom is 0.230 e. The lowest BCUT2D eigenvalue weighted by atomic mass is 9.76. The van der Waals surface area contributed by atoms with Gasteiger partial charge in [-0.25, -0.2) is 0 Å². The Morgan fingerprint density at radius 2 is 2.11 bits per heavy atom. The molecule has 1 unspecified atom stereocenters. The molecule has 1 aromatic rings. The van der Waals surface area contributed by atoms with Crippen molar-refractivity contribution in [3.63, 3.8) is 0 Å². The van der Waals surface area contributed by atoms with Crippen molar-refractivity contribution in [1.29, 1.82) is 0 Å². The average molecular weight is 322 g/mol. The fraction of sp³-hybridized carbons (Fsp3) is 0.562. The van der Waals surface area contributed by atoms with Crippen molar-refractivity contribution in [3.8, 4) is 0 Å². The van der Waals surface area contributed by atoms with E-state index >= 15 is 0 Å². The molecule has 1 atom stereocenters. The van der Waals surface area contributed by atoms with Crippen LogP contribution >= 0.6 is 15.9 Å². The van der Waals surface area contributed by atoms with Crippen LogP contribution in [-0.2, 0) is 11.2 Å². The van der Waals surface area contributed by atoms with E-state index in [9.17, 15) is 4.79 Å². The van der Waals surface area contributed by atoms with Crippen LogP contribution in [0.1, 0.15) is 42.7 Å². The van der Waals surface area contributed by atoms with Crippen molar-refractivity contribution in [1.82, 2.24) is 4.90 Å². The van der Waals surface area contributed by atoms with Gasteiger partial charge in [-0.05, 0) is 43.2 Å². The van der Waals surface area contributed by atoms with Gasteiger partial charge in [-0.2, -0.15) is 0 Å². The van der Waals surface area contributed by atoms with Crippen LogP contribution in [0, 0.1) is 0 Å². The SMILES string of the molecule is O=C(C1Cc2ccccc21)N(CCCBr)C1CCC1. The minimum absolute atomic E-state index is 0.132. The van der Waals surface area contributed by atoms with E-state index in [4.69, 9.17) is 0 Å². The number of amides is 1. The van der Waals surface area contributed by atoms with Crippen molar-refractivity contribution < 1.29 is 4.79 Å². The maximum atomic E-state index is 12.7. The number of rotatable bonds is 5. The standard InChI is InChI=1S/C16H20BrNO/c17-9-4-10-18(13-6-3-7-13)16(19)15-11-12-5-1-2-8-14(12)15/h1-2,5,8,13,15H,3-4,6-7,9-11H2. The van der Waals surface area contributed by atoms with E-state index in [0.717, 1.165) is 24.7 Å². The summed E-state index contributed by atoms with van der Waals surface area (Å²) in [4.78, 5) is 14.9. The Morgan fingerprint density at radius 3 is 2.74 bits per heavy atom. The van der Waals surface area contributed by atoms with Crippen molar-refractivity contribution in [2.24, 2.45) is 0 Å². The van der Waals surface area contributed by atoms with E-state index in [-0.39, 0.29) is 5.92 Å². The number of benzene rings is 1. The van der Waals surface area contributed by atoms with E-state index in [0.29, 0.717) is 11.9 Å². The smallest absolute Gasteiger partial charge is 0.230 e. The maximum absolute atomic E-state index is 12.7. The molecule has 102 valence electrons. The molecule has 2 nitrogen and oxygen atoms in total. The van der Waals surface area contributed by atoms with Crippen LogP contribution in [0.5, 0.6) is 0 Å². The number of alkyl halides is 1. The van der Waals surface area contributed by atoms with Crippen molar-refractivity contribution in [2.75, 3.05) is 11.9 Å². The van der Waals surface area contributed by atoms with Gasteiger partial charge in [-0.15, -0.1) is 0 Å². The Kier molecular flexibility index (Phi) is 3.92. The minimum atomic E-state index is 0.132. The van der Waals surface area contributed by atoms with E-state index in [1.807, 2.05) is 6.07 Å². The summed E-state index contributed by atoms with van der Waals surface area (Å²) < 4.78 is 0. The zero-order chi connectivity index (χ0) is 13.2. The summed E-state index contributed by atoms with van der Waals surface area (Å²) >= 11 is 3.47. The van der Waals surface area contributed by atoms with Crippen LogP contribution in [-0.4, -0.2) is 28.7 Å². The lowest BCUT2D eigenvalue weighted by Gasteiger charge is -2.41. The fourth-order valence-electron chi connectivity index (χ4n) is 3.08. The van der Waals surface area contributed by atoms with Gasteiger partial charge in [0.25, 0.3) is 0 Å². The van der Waals surface area contributed by atoms with Gasteiger partial charge >= 0.3 is 0 Å². The number of halogens is 1. The largest absolute Gasteiger partial charge is 0.339 e. The average Bonchev–Trinajstić information content (AvgIpc) is 2.33. The van der Waals surface area contributed by atoms with Crippen LogP contribution in [0.25, 0.3) is 0 Å². The number of carbonyl (C=O) groups is 1. The van der Waals surface area contributed by atoms with Gasteiger partial charge in [-0.3, -0.25) is 4.79 Å². The molecule has 1 saturated carbocycles. The first-order valence-corrected chi connectivity index (χ1v) is 8.37. The van der Waals surface area contributed by atoms with Crippen LogP contribution < -0.4 is 0 Å². The number of fused-ring (bicyclic) bond motifs is 1. The normalized spacial score (nSPS) is 21.2. The topological polar surface area (TPSA) is 20.3 Å². The lowest BCUT2D eigenvalue weighted by Crippen LogP contribution is -2.48. The molecular weight excluding hydrogens is 302 g/mol. The van der Waals surface area contributed by atoms with Crippen molar-refractivity contribution in [3.05, 3.63) is 35.4 Å². The summed E-state index contributed by atoms with van der Waals surface area (Å²) in [5.74, 6) is 0.497. The second-order valence-electron chi connectivity index (χ2n) is 5.61. The lowest BCUT2D eigenvalue weighted by molar-refractivity contribution is -0.137. The monoisotopic (exact) mass is 321 g/mol. The molecule has 1 aromatic carbocycles. The van der Waals surface area contributed by atoms with Gasteiger partial charge in [0.1, 0.15) is 0 Å². The van der Waals surface area contributed by atoms with Crippen molar-refractivity contribution >= 4 is 21.8 Å². The van der Waals surface area contributed by atoms with E-state index in [1.165, 1.54) is 30.4 Å². The summed E-state index contributed by atoms with van der Waals surface area (Å²) in [6.45, 7) is 0.910. The van der Waals surface area contributed by atoms with Crippen molar-refractivity contribution in [2.45, 2.75) is 44.1 Å². The summed E-state index contributed by atoms with van der Waals surface area (Å²) in [5.41, 5.74) is 2.62. The van der Waals surface area contributed by atoms with Crippen LogP contribution in [0.3, 0.4) is 0 Å². The molecular formula is C16H20BrNO. The number of nitrogens with zero attached hydrogens (tertiary/aromatic N) is 1. The molecule has 19 heavy (non-hydrogen) atoms. The molecule has 0 bridgehead atoms.